The van der Waals surface area contributed by atoms with Crippen molar-refractivity contribution in [1.82, 2.24) is 0 Å². The van der Waals surface area contributed by atoms with Crippen molar-refractivity contribution >= 4 is 5.97 Å². The number of hydrogen-bond acceptors (Lipinski definition) is 3. The van der Waals surface area contributed by atoms with Gasteiger partial charge in [-0.1, -0.05) is 6.07 Å². The van der Waals surface area contributed by atoms with Crippen molar-refractivity contribution in [2.45, 2.75) is 19.9 Å². The highest BCUT2D eigenvalue weighted by atomic mass is 16.4. The molecule has 14 heavy (non-hydrogen) atoms. The van der Waals surface area contributed by atoms with Crippen LogP contribution < -0.4 is 5.73 Å². The van der Waals surface area contributed by atoms with Gasteiger partial charge in [-0.05, 0) is 25.5 Å². The Hall–Kier alpha value is -1.55. The number of benzene rings is 1. The zero-order chi connectivity index (χ0) is 10.9. The third kappa shape index (κ3) is 1.70. The minimum Gasteiger partial charge on any atom is -0.507 e. The number of carboxylic acid groups (broad SMARTS) is 1. The first kappa shape index (κ1) is 10.5. The second-order valence-corrected chi connectivity index (χ2v) is 3.29. The molecule has 0 aliphatic heterocycles. The van der Waals surface area contributed by atoms with E-state index in [1.807, 2.05) is 0 Å². The Bertz CT molecular complexity index is 372. The summed E-state index contributed by atoms with van der Waals surface area (Å²) in [5.74, 6) is -1.10. The van der Waals surface area contributed by atoms with Crippen LogP contribution in [-0.2, 0) is 0 Å². The van der Waals surface area contributed by atoms with Gasteiger partial charge in [0.2, 0.25) is 0 Å². The second kappa shape index (κ2) is 3.67. The van der Waals surface area contributed by atoms with Gasteiger partial charge in [0.25, 0.3) is 0 Å². The van der Waals surface area contributed by atoms with Crippen molar-refractivity contribution in [2.24, 2.45) is 5.73 Å². The molecular weight excluding hydrogens is 182 g/mol. The number of aromatic carboxylic acids is 1. The molecule has 4 N–H and O–H groups in total. The molecular formula is C10H13NO3. The minimum atomic E-state index is -1.08. The van der Waals surface area contributed by atoms with E-state index in [-0.39, 0.29) is 16.9 Å². The zero-order valence-electron chi connectivity index (χ0n) is 8.11. The second-order valence-electron chi connectivity index (χ2n) is 3.29. The summed E-state index contributed by atoms with van der Waals surface area (Å²) in [5.41, 5.74) is 6.57. The lowest BCUT2D eigenvalue weighted by atomic mass is 9.98. The molecule has 1 aromatic carbocycles. The maximum absolute atomic E-state index is 10.8. The summed E-state index contributed by atoms with van der Waals surface area (Å²) in [4.78, 5) is 10.8. The number of hydrogen-bond donors (Lipinski definition) is 3. The quantitative estimate of drug-likeness (QED) is 0.666. The molecule has 0 bridgehead atoms. The Morgan fingerprint density at radius 3 is 2.50 bits per heavy atom. The van der Waals surface area contributed by atoms with E-state index < -0.39 is 12.0 Å². The van der Waals surface area contributed by atoms with Crippen molar-refractivity contribution in [3.05, 3.63) is 28.8 Å². The summed E-state index contributed by atoms with van der Waals surface area (Å²) in [6.07, 6.45) is 0. The van der Waals surface area contributed by atoms with Crippen molar-refractivity contribution in [3.63, 3.8) is 0 Å². The molecule has 0 radical (unpaired) electrons. The van der Waals surface area contributed by atoms with Gasteiger partial charge < -0.3 is 15.9 Å². The molecule has 4 nitrogen and oxygen atoms in total. The van der Waals surface area contributed by atoms with Crippen LogP contribution in [-0.4, -0.2) is 16.2 Å². The fourth-order valence-electron chi connectivity index (χ4n) is 1.36. The monoisotopic (exact) mass is 195 g/mol. The SMILES string of the molecule is Cc1ccc(C(=O)O)c(C(C)N)c1O. The number of rotatable bonds is 2. The topological polar surface area (TPSA) is 83.5 Å². The number of nitrogens with two attached hydrogens (primary N) is 1. The van der Waals surface area contributed by atoms with Crippen molar-refractivity contribution < 1.29 is 15.0 Å². The average Bonchev–Trinajstić information content (AvgIpc) is 2.08. The number of phenols is 1. The highest BCUT2D eigenvalue weighted by Crippen LogP contribution is 2.29. The molecule has 4 heteroatoms. The highest BCUT2D eigenvalue weighted by molar-refractivity contribution is 5.90. The summed E-state index contributed by atoms with van der Waals surface area (Å²) in [6.45, 7) is 3.34. The van der Waals surface area contributed by atoms with Crippen LogP contribution in [0.15, 0.2) is 12.1 Å². The van der Waals surface area contributed by atoms with Gasteiger partial charge in [0.15, 0.2) is 0 Å². The first-order valence-electron chi connectivity index (χ1n) is 4.26. The van der Waals surface area contributed by atoms with E-state index in [9.17, 15) is 9.90 Å². The van der Waals surface area contributed by atoms with Crippen molar-refractivity contribution in [2.75, 3.05) is 0 Å². The first-order valence-corrected chi connectivity index (χ1v) is 4.26. The summed E-state index contributed by atoms with van der Waals surface area (Å²) >= 11 is 0. The predicted molar refractivity (Wildman–Crippen MR) is 52.4 cm³/mol. The molecule has 76 valence electrons. The normalized spacial score (nSPS) is 12.5. The molecule has 0 heterocycles. The largest absolute Gasteiger partial charge is 0.507 e. The van der Waals surface area contributed by atoms with Gasteiger partial charge in [0, 0.05) is 11.6 Å². The maximum Gasteiger partial charge on any atom is 0.336 e. The van der Waals surface area contributed by atoms with Crippen LogP contribution in [0.5, 0.6) is 5.75 Å². The predicted octanol–water partition coefficient (Wildman–Crippen LogP) is 1.42. The van der Waals surface area contributed by atoms with Gasteiger partial charge in [-0.15, -0.1) is 0 Å². The Labute approximate surface area is 82.0 Å². The van der Waals surface area contributed by atoms with Gasteiger partial charge in [0.1, 0.15) is 5.75 Å². The van der Waals surface area contributed by atoms with Gasteiger partial charge in [0.05, 0.1) is 5.56 Å². The average molecular weight is 195 g/mol. The molecule has 0 spiro atoms. The smallest absolute Gasteiger partial charge is 0.336 e. The standard InChI is InChI=1S/C10H13NO3/c1-5-3-4-7(10(13)14)8(6(2)11)9(5)12/h3-4,6,12H,11H2,1-2H3,(H,13,14). The maximum atomic E-state index is 10.8. The van der Waals surface area contributed by atoms with Gasteiger partial charge in [-0.2, -0.15) is 0 Å². The number of aromatic hydroxyl groups is 1. The lowest BCUT2D eigenvalue weighted by Gasteiger charge is -2.13. The molecule has 0 amide bonds. The fourth-order valence-corrected chi connectivity index (χ4v) is 1.36. The number of aryl methyl sites for hydroxylation is 1. The van der Waals surface area contributed by atoms with Crippen LogP contribution in [0.1, 0.15) is 34.5 Å². The van der Waals surface area contributed by atoms with Crippen LogP contribution in [0, 0.1) is 6.92 Å². The highest BCUT2D eigenvalue weighted by Gasteiger charge is 2.18. The van der Waals surface area contributed by atoms with E-state index in [0.717, 1.165) is 0 Å². The van der Waals surface area contributed by atoms with Crippen LogP contribution in [0.2, 0.25) is 0 Å². The zero-order valence-corrected chi connectivity index (χ0v) is 8.11. The first-order chi connectivity index (χ1) is 6.45. The fraction of sp³-hybridized carbons (Fsp3) is 0.300. The van der Waals surface area contributed by atoms with E-state index in [1.54, 1.807) is 19.9 Å². The Balaban J connectivity index is 3.45. The van der Waals surface area contributed by atoms with Crippen LogP contribution in [0.4, 0.5) is 0 Å². The van der Waals surface area contributed by atoms with E-state index in [1.165, 1.54) is 6.07 Å². The molecule has 0 fully saturated rings. The minimum absolute atomic E-state index is 0.0279. The van der Waals surface area contributed by atoms with Crippen molar-refractivity contribution in [1.29, 1.82) is 0 Å². The van der Waals surface area contributed by atoms with Gasteiger partial charge in [-0.25, -0.2) is 4.79 Å². The molecule has 1 rings (SSSR count). The van der Waals surface area contributed by atoms with E-state index >= 15 is 0 Å². The van der Waals surface area contributed by atoms with Crippen molar-refractivity contribution in [3.8, 4) is 5.75 Å². The Morgan fingerprint density at radius 2 is 2.07 bits per heavy atom. The molecule has 0 aliphatic rings. The van der Waals surface area contributed by atoms with Crippen LogP contribution >= 0.6 is 0 Å². The van der Waals surface area contributed by atoms with E-state index in [4.69, 9.17) is 10.8 Å². The molecule has 0 aromatic heterocycles. The van der Waals surface area contributed by atoms with E-state index in [0.29, 0.717) is 5.56 Å². The lowest BCUT2D eigenvalue weighted by Crippen LogP contribution is -2.12. The van der Waals surface area contributed by atoms with Crippen LogP contribution in [0.25, 0.3) is 0 Å². The number of carboxylic acids is 1. The number of carbonyl (C=O) groups is 1. The summed E-state index contributed by atoms with van der Waals surface area (Å²) < 4.78 is 0. The van der Waals surface area contributed by atoms with Crippen LogP contribution in [0.3, 0.4) is 0 Å². The molecule has 1 aromatic rings. The third-order valence-corrected chi connectivity index (χ3v) is 2.10. The van der Waals surface area contributed by atoms with Gasteiger partial charge in [-0.3, -0.25) is 0 Å². The molecule has 1 unspecified atom stereocenters. The summed E-state index contributed by atoms with van der Waals surface area (Å²) in [7, 11) is 0. The number of phenolic OH excluding ortho intramolecular Hbond substituents is 1. The summed E-state index contributed by atoms with van der Waals surface area (Å²) in [5, 5.41) is 18.5. The summed E-state index contributed by atoms with van der Waals surface area (Å²) in [6, 6.07) is 2.52. The Kier molecular flexibility index (Phi) is 2.76. The lowest BCUT2D eigenvalue weighted by molar-refractivity contribution is 0.0694. The molecule has 0 saturated heterocycles. The molecule has 0 saturated carbocycles. The third-order valence-electron chi connectivity index (χ3n) is 2.10. The molecule has 1 atom stereocenters. The van der Waals surface area contributed by atoms with E-state index in [2.05, 4.69) is 0 Å². The van der Waals surface area contributed by atoms with Gasteiger partial charge >= 0.3 is 5.97 Å². The molecule has 0 aliphatic carbocycles. The Morgan fingerprint density at radius 1 is 1.50 bits per heavy atom.